The third-order valence-corrected chi connectivity index (χ3v) is 4.88. The summed E-state index contributed by atoms with van der Waals surface area (Å²) in [5.74, 6) is -0.272. The Morgan fingerprint density at radius 3 is 2.70 bits per heavy atom. The molecule has 0 aliphatic heterocycles. The number of carbonyl (C=O) groups is 1. The topological polar surface area (TPSA) is 96.9 Å². The van der Waals surface area contributed by atoms with E-state index >= 15 is 0 Å². The van der Waals surface area contributed by atoms with Gasteiger partial charge in [-0.05, 0) is 20.3 Å². The molecule has 1 atom stereocenters. The van der Waals surface area contributed by atoms with Crippen molar-refractivity contribution in [2.75, 3.05) is 0 Å². The lowest BCUT2D eigenvalue weighted by Gasteiger charge is -2.14. The smallest absolute Gasteiger partial charge is 0.328 e. The molecular formula is C15H20N4O3S. The van der Waals surface area contributed by atoms with Crippen LogP contribution in [0.3, 0.4) is 0 Å². The fourth-order valence-corrected chi connectivity index (χ4v) is 3.20. The minimum Gasteiger partial charge on any atom is -0.347 e. The predicted octanol–water partition coefficient (Wildman–Crippen LogP) is 0.957. The van der Waals surface area contributed by atoms with Gasteiger partial charge in [-0.15, -0.1) is 11.3 Å². The van der Waals surface area contributed by atoms with Gasteiger partial charge in [0.15, 0.2) is 0 Å². The van der Waals surface area contributed by atoms with Crippen LogP contribution in [0.4, 0.5) is 0 Å². The van der Waals surface area contributed by atoms with Gasteiger partial charge in [-0.2, -0.15) is 0 Å². The number of carbonyl (C=O) groups excluding carboxylic acids is 1. The second kappa shape index (κ2) is 6.91. The molecule has 2 aromatic rings. The third kappa shape index (κ3) is 3.76. The van der Waals surface area contributed by atoms with Crippen molar-refractivity contribution in [3.8, 4) is 0 Å². The normalized spacial score (nSPS) is 12.2. The molecule has 1 amide bonds. The SMILES string of the molecule is CC[C@@H](NC(=O)Cc1c[nH]c(=O)n(C)c1=O)c1nc(C)c(C)s1. The summed E-state index contributed by atoms with van der Waals surface area (Å²) in [5, 5.41) is 3.77. The van der Waals surface area contributed by atoms with Crippen molar-refractivity contribution in [2.45, 2.75) is 39.7 Å². The molecule has 0 aliphatic carbocycles. The molecule has 2 heterocycles. The van der Waals surface area contributed by atoms with Crippen molar-refractivity contribution < 1.29 is 4.79 Å². The first-order valence-electron chi connectivity index (χ1n) is 7.34. The third-order valence-electron chi connectivity index (χ3n) is 3.69. The van der Waals surface area contributed by atoms with Gasteiger partial charge in [0.2, 0.25) is 5.91 Å². The Bertz CT molecular complexity index is 814. The van der Waals surface area contributed by atoms with Gasteiger partial charge in [0.25, 0.3) is 5.56 Å². The number of H-pyrrole nitrogens is 1. The molecular weight excluding hydrogens is 316 g/mol. The number of rotatable bonds is 5. The number of aryl methyl sites for hydroxylation is 2. The number of hydrogen-bond acceptors (Lipinski definition) is 5. The summed E-state index contributed by atoms with van der Waals surface area (Å²) in [6.07, 6.45) is 1.92. The molecule has 0 saturated carbocycles. The molecule has 0 aromatic carbocycles. The van der Waals surface area contributed by atoms with Crippen LogP contribution < -0.4 is 16.6 Å². The van der Waals surface area contributed by atoms with Gasteiger partial charge in [-0.3, -0.25) is 14.2 Å². The van der Waals surface area contributed by atoms with E-state index in [1.807, 2.05) is 20.8 Å². The number of thiazole rings is 1. The maximum absolute atomic E-state index is 12.2. The van der Waals surface area contributed by atoms with Crippen molar-refractivity contribution in [2.24, 2.45) is 7.05 Å². The molecule has 2 rings (SSSR count). The molecule has 0 fully saturated rings. The average molecular weight is 336 g/mol. The molecule has 7 nitrogen and oxygen atoms in total. The predicted molar refractivity (Wildman–Crippen MR) is 88.8 cm³/mol. The first-order valence-corrected chi connectivity index (χ1v) is 8.16. The van der Waals surface area contributed by atoms with Gasteiger partial charge in [0.05, 0.1) is 18.2 Å². The number of amides is 1. The van der Waals surface area contributed by atoms with Crippen LogP contribution in [0, 0.1) is 13.8 Å². The van der Waals surface area contributed by atoms with Crippen molar-refractivity contribution in [1.82, 2.24) is 19.9 Å². The van der Waals surface area contributed by atoms with Crippen LogP contribution in [0.25, 0.3) is 0 Å². The van der Waals surface area contributed by atoms with Crippen molar-refractivity contribution in [3.05, 3.63) is 48.2 Å². The monoisotopic (exact) mass is 336 g/mol. The zero-order valence-corrected chi connectivity index (χ0v) is 14.4. The number of hydrogen-bond donors (Lipinski definition) is 2. The maximum atomic E-state index is 12.2. The molecule has 124 valence electrons. The van der Waals surface area contributed by atoms with Crippen molar-refractivity contribution in [1.29, 1.82) is 0 Å². The molecule has 0 saturated heterocycles. The van der Waals surface area contributed by atoms with E-state index in [0.29, 0.717) is 6.42 Å². The Morgan fingerprint density at radius 1 is 1.43 bits per heavy atom. The zero-order chi connectivity index (χ0) is 17.1. The van der Waals surface area contributed by atoms with E-state index in [9.17, 15) is 14.4 Å². The van der Waals surface area contributed by atoms with Crippen LogP contribution in [0.1, 0.15) is 40.5 Å². The fourth-order valence-electron chi connectivity index (χ4n) is 2.15. The number of nitrogens with one attached hydrogen (secondary N) is 2. The van der Waals surface area contributed by atoms with E-state index in [1.165, 1.54) is 13.2 Å². The summed E-state index contributed by atoms with van der Waals surface area (Å²) >= 11 is 1.56. The molecule has 23 heavy (non-hydrogen) atoms. The van der Waals surface area contributed by atoms with Crippen molar-refractivity contribution in [3.63, 3.8) is 0 Å². The summed E-state index contributed by atoms with van der Waals surface area (Å²) in [5.41, 5.74) is 0.260. The highest BCUT2D eigenvalue weighted by atomic mass is 32.1. The van der Waals surface area contributed by atoms with Crippen LogP contribution in [0.5, 0.6) is 0 Å². The Balaban J connectivity index is 2.13. The summed E-state index contributed by atoms with van der Waals surface area (Å²) in [4.78, 5) is 43.5. The molecule has 0 aliphatic rings. The minimum atomic E-state index is -0.501. The lowest BCUT2D eigenvalue weighted by Crippen LogP contribution is -2.37. The maximum Gasteiger partial charge on any atom is 0.328 e. The first kappa shape index (κ1) is 17.1. The summed E-state index contributed by atoms with van der Waals surface area (Å²) in [7, 11) is 1.37. The average Bonchev–Trinajstić information content (AvgIpc) is 2.85. The highest BCUT2D eigenvalue weighted by molar-refractivity contribution is 7.11. The van der Waals surface area contributed by atoms with Gasteiger partial charge in [0.1, 0.15) is 5.01 Å². The lowest BCUT2D eigenvalue weighted by molar-refractivity contribution is -0.121. The molecule has 2 N–H and O–H groups in total. The number of aromatic amines is 1. The summed E-state index contributed by atoms with van der Waals surface area (Å²) < 4.78 is 0.952. The van der Waals surface area contributed by atoms with Crippen LogP contribution >= 0.6 is 11.3 Å². The van der Waals surface area contributed by atoms with Crippen LogP contribution in [0.15, 0.2) is 15.8 Å². The number of aromatic nitrogens is 3. The number of nitrogens with zero attached hydrogens (tertiary/aromatic N) is 2. The lowest BCUT2D eigenvalue weighted by atomic mass is 10.2. The zero-order valence-electron chi connectivity index (χ0n) is 13.6. The molecule has 8 heteroatoms. The molecule has 0 spiro atoms. The Kier molecular flexibility index (Phi) is 5.15. The van der Waals surface area contributed by atoms with E-state index in [2.05, 4.69) is 15.3 Å². The standard InChI is InChI=1S/C15H20N4O3S/c1-5-11(13-17-8(2)9(3)23-13)18-12(20)6-10-7-16-15(22)19(4)14(10)21/h7,11H,5-6H2,1-4H3,(H,16,22)(H,18,20)/t11-/m1/s1. The van der Waals surface area contributed by atoms with Gasteiger partial charge >= 0.3 is 5.69 Å². The Hall–Kier alpha value is -2.22. The van der Waals surface area contributed by atoms with E-state index in [1.54, 1.807) is 11.3 Å². The van der Waals surface area contributed by atoms with Crippen LogP contribution in [-0.2, 0) is 18.3 Å². The molecule has 0 unspecified atom stereocenters. The van der Waals surface area contributed by atoms with E-state index < -0.39 is 11.2 Å². The highest BCUT2D eigenvalue weighted by Crippen LogP contribution is 2.24. The first-order chi connectivity index (χ1) is 10.8. The highest BCUT2D eigenvalue weighted by Gasteiger charge is 2.18. The van der Waals surface area contributed by atoms with Crippen LogP contribution in [-0.4, -0.2) is 20.4 Å². The van der Waals surface area contributed by atoms with Gasteiger partial charge in [-0.1, -0.05) is 6.92 Å². The van der Waals surface area contributed by atoms with Gasteiger partial charge < -0.3 is 10.3 Å². The van der Waals surface area contributed by atoms with E-state index in [0.717, 1.165) is 20.1 Å². The molecule has 0 radical (unpaired) electrons. The second-order valence-electron chi connectivity index (χ2n) is 5.38. The van der Waals surface area contributed by atoms with Gasteiger partial charge in [0, 0.05) is 23.7 Å². The molecule has 2 aromatic heterocycles. The van der Waals surface area contributed by atoms with E-state index in [4.69, 9.17) is 0 Å². The van der Waals surface area contributed by atoms with Crippen LogP contribution in [0.2, 0.25) is 0 Å². The molecule has 0 bridgehead atoms. The fraction of sp³-hybridized carbons (Fsp3) is 0.467. The Labute approximate surface area is 137 Å². The van der Waals surface area contributed by atoms with Crippen molar-refractivity contribution >= 4 is 17.2 Å². The largest absolute Gasteiger partial charge is 0.347 e. The van der Waals surface area contributed by atoms with E-state index in [-0.39, 0.29) is 23.9 Å². The quantitative estimate of drug-likeness (QED) is 0.850. The summed E-state index contributed by atoms with van der Waals surface area (Å²) in [6.45, 7) is 5.90. The minimum absolute atomic E-state index is 0.0801. The summed E-state index contributed by atoms with van der Waals surface area (Å²) in [6, 6.07) is -0.175. The van der Waals surface area contributed by atoms with Gasteiger partial charge in [-0.25, -0.2) is 9.78 Å². The second-order valence-corrected chi connectivity index (χ2v) is 6.62. The Morgan fingerprint density at radius 2 is 2.13 bits per heavy atom.